The molecule has 1 rings (SSSR count). The molecule has 0 fully saturated rings. The van der Waals surface area contributed by atoms with Gasteiger partial charge in [0.1, 0.15) is 0 Å². The van der Waals surface area contributed by atoms with Gasteiger partial charge in [-0.3, -0.25) is 4.79 Å². The number of nitrogen functional groups attached to an aromatic ring is 1. The van der Waals surface area contributed by atoms with Crippen molar-refractivity contribution in [2.24, 2.45) is 0 Å². The predicted molar refractivity (Wildman–Crippen MR) is 63.9 cm³/mol. The minimum Gasteiger partial charge on any atom is -0.399 e. The number of anilines is 1. The normalized spacial score (nSPS) is 11.2. The molecule has 0 aromatic heterocycles. The van der Waals surface area contributed by atoms with Gasteiger partial charge in [0, 0.05) is 5.69 Å². The van der Waals surface area contributed by atoms with Gasteiger partial charge < -0.3 is 16.2 Å². The van der Waals surface area contributed by atoms with Crippen LogP contribution in [0.5, 0.6) is 0 Å². The van der Waals surface area contributed by atoms with Crippen LogP contribution in [0.15, 0.2) is 24.3 Å². The fourth-order valence-electron chi connectivity index (χ4n) is 1.35. The molecule has 0 saturated carbocycles. The molecule has 4 heteroatoms. The van der Waals surface area contributed by atoms with Gasteiger partial charge in [0.05, 0.1) is 18.6 Å². The van der Waals surface area contributed by atoms with Crippen molar-refractivity contribution in [3.63, 3.8) is 0 Å². The average Bonchev–Trinajstić information content (AvgIpc) is 2.16. The van der Waals surface area contributed by atoms with E-state index < -0.39 is 5.54 Å². The number of rotatable bonds is 4. The van der Waals surface area contributed by atoms with Gasteiger partial charge in [0.2, 0.25) is 5.91 Å². The van der Waals surface area contributed by atoms with Crippen molar-refractivity contribution in [1.29, 1.82) is 0 Å². The largest absolute Gasteiger partial charge is 0.399 e. The molecular formula is C12H18N2O2. The van der Waals surface area contributed by atoms with Crippen molar-refractivity contribution >= 4 is 11.6 Å². The van der Waals surface area contributed by atoms with Crippen LogP contribution in [0.25, 0.3) is 0 Å². The molecule has 0 aliphatic carbocycles. The second kappa shape index (κ2) is 4.99. The van der Waals surface area contributed by atoms with E-state index in [9.17, 15) is 4.79 Å². The summed E-state index contributed by atoms with van der Waals surface area (Å²) in [6.07, 6.45) is 0.272. The first-order chi connectivity index (χ1) is 7.43. The van der Waals surface area contributed by atoms with E-state index in [-0.39, 0.29) is 18.9 Å². The first-order valence-electron chi connectivity index (χ1n) is 5.19. The van der Waals surface area contributed by atoms with Gasteiger partial charge in [-0.25, -0.2) is 0 Å². The number of nitrogens with two attached hydrogens (primary N) is 1. The minimum absolute atomic E-state index is 0.0876. The molecule has 4 nitrogen and oxygen atoms in total. The second-order valence-electron chi connectivity index (χ2n) is 4.51. The van der Waals surface area contributed by atoms with E-state index in [0.29, 0.717) is 5.69 Å². The number of nitrogens with one attached hydrogen (secondary N) is 1. The van der Waals surface area contributed by atoms with E-state index in [1.807, 2.05) is 12.1 Å². The molecule has 1 amide bonds. The van der Waals surface area contributed by atoms with Crippen LogP contribution in [-0.4, -0.2) is 23.2 Å². The van der Waals surface area contributed by atoms with Crippen LogP contribution in [0.2, 0.25) is 0 Å². The molecule has 0 atom stereocenters. The van der Waals surface area contributed by atoms with Crippen LogP contribution in [0.4, 0.5) is 5.69 Å². The molecule has 4 N–H and O–H groups in total. The van der Waals surface area contributed by atoms with E-state index in [2.05, 4.69) is 5.32 Å². The van der Waals surface area contributed by atoms with Gasteiger partial charge in [-0.1, -0.05) is 12.1 Å². The Morgan fingerprint density at radius 2 is 2.19 bits per heavy atom. The maximum atomic E-state index is 11.6. The third kappa shape index (κ3) is 3.90. The summed E-state index contributed by atoms with van der Waals surface area (Å²) >= 11 is 0. The Morgan fingerprint density at radius 1 is 1.50 bits per heavy atom. The molecule has 88 valence electrons. The third-order valence-corrected chi connectivity index (χ3v) is 2.19. The molecule has 0 unspecified atom stereocenters. The lowest BCUT2D eigenvalue weighted by molar-refractivity contribution is -0.122. The van der Waals surface area contributed by atoms with Crippen molar-refractivity contribution < 1.29 is 9.90 Å². The summed E-state index contributed by atoms with van der Waals surface area (Å²) in [7, 11) is 0. The van der Waals surface area contributed by atoms with Crippen LogP contribution in [0.1, 0.15) is 19.4 Å². The monoisotopic (exact) mass is 222 g/mol. The molecule has 0 saturated heterocycles. The zero-order chi connectivity index (χ0) is 12.2. The molecule has 0 bridgehead atoms. The van der Waals surface area contributed by atoms with E-state index >= 15 is 0 Å². The summed E-state index contributed by atoms with van der Waals surface area (Å²) in [5.41, 5.74) is 6.54. The second-order valence-corrected chi connectivity index (χ2v) is 4.51. The number of hydrogen-bond acceptors (Lipinski definition) is 3. The Hall–Kier alpha value is -1.55. The lowest BCUT2D eigenvalue weighted by Gasteiger charge is -2.23. The quantitative estimate of drug-likeness (QED) is 0.656. The highest BCUT2D eigenvalue weighted by Gasteiger charge is 2.18. The summed E-state index contributed by atoms with van der Waals surface area (Å²) in [6, 6.07) is 7.21. The number of hydrogen-bond donors (Lipinski definition) is 3. The van der Waals surface area contributed by atoms with Gasteiger partial charge in [-0.05, 0) is 31.5 Å². The smallest absolute Gasteiger partial charge is 0.224 e. The van der Waals surface area contributed by atoms with Gasteiger partial charge in [0.15, 0.2) is 0 Å². The van der Waals surface area contributed by atoms with Crippen LogP contribution in [0, 0.1) is 0 Å². The van der Waals surface area contributed by atoms with E-state index in [0.717, 1.165) is 5.56 Å². The fraction of sp³-hybridized carbons (Fsp3) is 0.417. The van der Waals surface area contributed by atoms with Crippen molar-refractivity contribution in [2.75, 3.05) is 12.3 Å². The lowest BCUT2D eigenvalue weighted by atomic mass is 10.1. The zero-order valence-electron chi connectivity index (χ0n) is 9.66. The SMILES string of the molecule is CC(C)(CO)NC(=O)Cc1cccc(N)c1. The molecule has 0 heterocycles. The predicted octanol–water partition coefficient (Wildman–Crippen LogP) is 0.698. The molecule has 16 heavy (non-hydrogen) atoms. The molecule has 0 aliphatic rings. The first-order valence-corrected chi connectivity index (χ1v) is 5.19. The Balaban J connectivity index is 2.59. The van der Waals surface area contributed by atoms with Crippen LogP contribution in [-0.2, 0) is 11.2 Å². The molecule has 1 aromatic rings. The van der Waals surface area contributed by atoms with Gasteiger partial charge in [-0.15, -0.1) is 0 Å². The zero-order valence-corrected chi connectivity index (χ0v) is 9.66. The Morgan fingerprint density at radius 3 is 2.75 bits per heavy atom. The minimum atomic E-state index is -0.586. The van der Waals surface area contributed by atoms with Crippen molar-refractivity contribution in [3.05, 3.63) is 29.8 Å². The number of aliphatic hydroxyl groups excluding tert-OH is 1. The maximum Gasteiger partial charge on any atom is 0.224 e. The van der Waals surface area contributed by atoms with Crippen LogP contribution >= 0.6 is 0 Å². The van der Waals surface area contributed by atoms with Gasteiger partial charge >= 0.3 is 0 Å². The summed E-state index contributed by atoms with van der Waals surface area (Å²) < 4.78 is 0. The standard InChI is InChI=1S/C12H18N2O2/c1-12(2,8-15)14-11(16)7-9-4-3-5-10(13)6-9/h3-6,15H,7-8,13H2,1-2H3,(H,14,16). The number of amides is 1. The molecule has 1 aromatic carbocycles. The number of benzene rings is 1. The van der Waals surface area contributed by atoms with E-state index in [1.165, 1.54) is 0 Å². The maximum absolute atomic E-state index is 11.6. The van der Waals surface area contributed by atoms with Crippen molar-refractivity contribution in [3.8, 4) is 0 Å². The first kappa shape index (κ1) is 12.5. The summed E-state index contributed by atoms with van der Waals surface area (Å²) in [6.45, 7) is 3.45. The summed E-state index contributed by atoms with van der Waals surface area (Å²) in [5, 5.41) is 11.8. The highest BCUT2D eigenvalue weighted by Crippen LogP contribution is 2.08. The summed E-state index contributed by atoms with van der Waals surface area (Å²) in [4.78, 5) is 11.6. The van der Waals surface area contributed by atoms with Crippen molar-refractivity contribution in [2.45, 2.75) is 25.8 Å². The molecule has 0 spiro atoms. The molecular weight excluding hydrogens is 204 g/mol. The lowest BCUT2D eigenvalue weighted by Crippen LogP contribution is -2.46. The third-order valence-electron chi connectivity index (χ3n) is 2.19. The number of carbonyl (C=O) groups is 1. The Kier molecular flexibility index (Phi) is 3.90. The molecule has 0 aliphatic heterocycles. The molecule has 0 radical (unpaired) electrons. The van der Waals surface area contributed by atoms with Crippen LogP contribution in [0.3, 0.4) is 0 Å². The number of carbonyl (C=O) groups excluding carboxylic acids is 1. The fourth-order valence-corrected chi connectivity index (χ4v) is 1.35. The average molecular weight is 222 g/mol. The number of aliphatic hydroxyl groups is 1. The van der Waals surface area contributed by atoms with Gasteiger partial charge in [-0.2, -0.15) is 0 Å². The van der Waals surface area contributed by atoms with E-state index in [4.69, 9.17) is 10.8 Å². The highest BCUT2D eigenvalue weighted by atomic mass is 16.3. The highest BCUT2D eigenvalue weighted by molar-refractivity contribution is 5.79. The summed E-state index contributed by atoms with van der Waals surface area (Å²) in [5.74, 6) is -0.121. The Bertz CT molecular complexity index is 375. The van der Waals surface area contributed by atoms with Crippen LogP contribution < -0.4 is 11.1 Å². The van der Waals surface area contributed by atoms with E-state index in [1.54, 1.807) is 26.0 Å². The Labute approximate surface area is 95.5 Å². The van der Waals surface area contributed by atoms with Gasteiger partial charge in [0.25, 0.3) is 0 Å². The van der Waals surface area contributed by atoms with Crippen molar-refractivity contribution in [1.82, 2.24) is 5.32 Å². The topological polar surface area (TPSA) is 75.3 Å².